The molecular weight excluding hydrogens is 372 g/mol. The maximum Gasteiger partial charge on any atom is 0.234 e. The highest BCUT2D eigenvalue weighted by Crippen LogP contribution is 2.21. The summed E-state index contributed by atoms with van der Waals surface area (Å²) in [6, 6.07) is 12.5. The van der Waals surface area contributed by atoms with Crippen molar-refractivity contribution in [3.63, 3.8) is 0 Å². The Balaban J connectivity index is 1.44. The van der Waals surface area contributed by atoms with Gasteiger partial charge in [0.1, 0.15) is 16.8 Å². The number of benzene rings is 2. The highest BCUT2D eigenvalue weighted by atomic mass is 32.2. The van der Waals surface area contributed by atoms with Crippen LogP contribution < -0.4 is 15.4 Å². The van der Waals surface area contributed by atoms with E-state index in [1.165, 1.54) is 11.8 Å². The molecule has 134 valence electrons. The number of anilines is 2. The number of thioether (sulfide) groups is 1. The number of carbonyl (C=O) groups excluding carboxylic acids is 2. The molecule has 3 aromatic rings. The lowest BCUT2D eigenvalue weighted by Crippen LogP contribution is -2.18. The van der Waals surface area contributed by atoms with Crippen LogP contribution in [0.5, 0.6) is 5.75 Å². The summed E-state index contributed by atoms with van der Waals surface area (Å²) < 4.78 is 13.4. The Kier molecular flexibility index (Phi) is 6.03. The van der Waals surface area contributed by atoms with Crippen molar-refractivity contribution in [2.45, 2.75) is 0 Å². The molecule has 0 unspecified atom stereocenters. The van der Waals surface area contributed by atoms with Gasteiger partial charge in [0, 0.05) is 5.69 Å². The van der Waals surface area contributed by atoms with E-state index >= 15 is 0 Å². The average Bonchev–Trinajstić information content (AvgIpc) is 3.12. The van der Waals surface area contributed by atoms with Crippen LogP contribution in [0.25, 0.3) is 11.0 Å². The first-order valence-corrected chi connectivity index (χ1v) is 9.57. The predicted octanol–water partition coefficient (Wildman–Crippen LogP) is 3.01. The Morgan fingerprint density at radius 1 is 1.04 bits per heavy atom. The van der Waals surface area contributed by atoms with E-state index in [0.717, 1.165) is 23.0 Å². The van der Waals surface area contributed by atoms with E-state index in [9.17, 15) is 9.59 Å². The summed E-state index contributed by atoms with van der Waals surface area (Å²) in [6.07, 6.45) is 0. The second-order valence-corrected chi connectivity index (χ2v) is 6.77. The summed E-state index contributed by atoms with van der Waals surface area (Å²) in [6.45, 7) is 0. The molecule has 0 saturated heterocycles. The molecule has 2 N–H and O–H groups in total. The van der Waals surface area contributed by atoms with Gasteiger partial charge < -0.3 is 15.4 Å². The highest BCUT2D eigenvalue weighted by molar-refractivity contribution is 8.00. The molecule has 26 heavy (non-hydrogen) atoms. The van der Waals surface area contributed by atoms with Gasteiger partial charge in [0.05, 0.1) is 36.0 Å². The van der Waals surface area contributed by atoms with E-state index < -0.39 is 0 Å². The number of hydrogen-bond donors (Lipinski definition) is 2. The zero-order chi connectivity index (χ0) is 18.4. The van der Waals surface area contributed by atoms with Crippen LogP contribution in [0.1, 0.15) is 0 Å². The molecule has 0 spiro atoms. The molecule has 0 atom stereocenters. The normalized spacial score (nSPS) is 10.5. The monoisotopic (exact) mass is 388 g/mol. The fraction of sp³-hybridized carbons (Fsp3) is 0.176. The minimum atomic E-state index is -0.187. The number of aromatic nitrogens is 2. The van der Waals surface area contributed by atoms with Gasteiger partial charge in [0.2, 0.25) is 11.8 Å². The lowest BCUT2D eigenvalue weighted by Gasteiger charge is -2.07. The molecule has 1 aromatic heterocycles. The van der Waals surface area contributed by atoms with Crippen molar-refractivity contribution in [1.82, 2.24) is 8.75 Å². The molecule has 0 radical (unpaired) electrons. The van der Waals surface area contributed by atoms with Crippen molar-refractivity contribution in [3.8, 4) is 5.75 Å². The van der Waals surface area contributed by atoms with E-state index in [-0.39, 0.29) is 23.3 Å². The van der Waals surface area contributed by atoms with E-state index in [4.69, 9.17) is 4.74 Å². The van der Waals surface area contributed by atoms with Crippen LogP contribution in [-0.4, -0.2) is 39.2 Å². The van der Waals surface area contributed by atoms with Crippen molar-refractivity contribution in [2.24, 2.45) is 0 Å². The fourth-order valence-electron chi connectivity index (χ4n) is 2.20. The molecule has 0 saturated carbocycles. The predicted molar refractivity (Wildman–Crippen MR) is 105 cm³/mol. The number of nitrogens with zero attached hydrogens (tertiary/aromatic N) is 2. The maximum absolute atomic E-state index is 12.1. The summed E-state index contributed by atoms with van der Waals surface area (Å²) >= 11 is 2.34. The van der Waals surface area contributed by atoms with Crippen molar-refractivity contribution in [1.29, 1.82) is 0 Å². The van der Waals surface area contributed by atoms with E-state index in [2.05, 4.69) is 19.4 Å². The number of carbonyl (C=O) groups is 2. The van der Waals surface area contributed by atoms with Gasteiger partial charge in [-0.15, -0.1) is 11.8 Å². The van der Waals surface area contributed by atoms with Crippen molar-refractivity contribution < 1.29 is 14.3 Å². The molecule has 0 aliphatic rings. The largest absolute Gasteiger partial charge is 0.497 e. The van der Waals surface area contributed by atoms with Crippen molar-refractivity contribution in [3.05, 3.63) is 42.5 Å². The standard InChI is InChI=1S/C17H16N4O3S2/c1-24-12-7-5-11(6-8-12)18-15(22)9-25-10-16(23)19-13-3-2-4-14-17(13)21-26-20-14/h2-8H,9-10H2,1H3,(H,18,22)(H,19,23). The van der Waals surface area contributed by atoms with Gasteiger partial charge in [0.15, 0.2) is 0 Å². The molecule has 3 rings (SSSR count). The number of fused-ring (bicyclic) bond motifs is 1. The van der Waals surface area contributed by atoms with Crippen LogP contribution in [0, 0.1) is 0 Å². The molecule has 2 aromatic carbocycles. The average molecular weight is 388 g/mol. The lowest BCUT2D eigenvalue weighted by molar-refractivity contribution is -0.114. The third-order valence-corrected chi connectivity index (χ3v) is 4.88. The summed E-state index contributed by atoms with van der Waals surface area (Å²) in [5.74, 6) is 0.720. The molecule has 7 nitrogen and oxygen atoms in total. The van der Waals surface area contributed by atoms with Crippen LogP contribution in [0.4, 0.5) is 11.4 Å². The smallest absolute Gasteiger partial charge is 0.234 e. The minimum Gasteiger partial charge on any atom is -0.497 e. The quantitative estimate of drug-likeness (QED) is 0.646. The van der Waals surface area contributed by atoms with E-state index in [1.54, 1.807) is 37.4 Å². The van der Waals surface area contributed by atoms with Crippen molar-refractivity contribution in [2.75, 3.05) is 29.2 Å². The lowest BCUT2D eigenvalue weighted by atomic mass is 10.2. The van der Waals surface area contributed by atoms with Crippen molar-refractivity contribution >= 4 is 57.7 Å². The minimum absolute atomic E-state index is 0.168. The van der Waals surface area contributed by atoms with Gasteiger partial charge in [-0.25, -0.2) is 0 Å². The van der Waals surface area contributed by atoms with Crippen LogP contribution in [0.3, 0.4) is 0 Å². The van der Waals surface area contributed by atoms with Gasteiger partial charge in [-0.2, -0.15) is 8.75 Å². The number of methoxy groups -OCH3 is 1. The number of amides is 2. The Hall–Kier alpha value is -2.65. The summed E-state index contributed by atoms with van der Waals surface area (Å²) in [5.41, 5.74) is 2.74. The third-order valence-electron chi connectivity index (χ3n) is 3.40. The molecular formula is C17H16N4O3S2. The van der Waals surface area contributed by atoms with Gasteiger partial charge in [0.25, 0.3) is 0 Å². The van der Waals surface area contributed by atoms with Gasteiger partial charge in [-0.3, -0.25) is 9.59 Å². The topological polar surface area (TPSA) is 93.2 Å². The van der Waals surface area contributed by atoms with E-state index in [0.29, 0.717) is 16.9 Å². The first kappa shape index (κ1) is 18.2. The number of rotatable bonds is 7. The Morgan fingerprint density at radius 2 is 1.77 bits per heavy atom. The Labute approximate surface area is 158 Å². The SMILES string of the molecule is COc1ccc(NC(=O)CSCC(=O)Nc2cccc3nsnc23)cc1. The second kappa shape index (κ2) is 8.63. The molecule has 2 amide bonds. The number of hydrogen-bond acceptors (Lipinski definition) is 7. The van der Waals surface area contributed by atoms with Crippen LogP contribution in [-0.2, 0) is 9.59 Å². The summed E-state index contributed by atoms with van der Waals surface area (Å²) in [4.78, 5) is 24.0. The van der Waals surface area contributed by atoms with Crippen LogP contribution >= 0.6 is 23.5 Å². The maximum atomic E-state index is 12.1. The highest BCUT2D eigenvalue weighted by Gasteiger charge is 2.10. The zero-order valence-corrected chi connectivity index (χ0v) is 15.5. The summed E-state index contributed by atoms with van der Waals surface area (Å²) in [5, 5.41) is 5.58. The van der Waals surface area contributed by atoms with Crippen LogP contribution in [0.15, 0.2) is 42.5 Å². The van der Waals surface area contributed by atoms with Gasteiger partial charge in [-0.1, -0.05) is 6.07 Å². The Bertz CT molecular complexity index is 912. The van der Waals surface area contributed by atoms with Crippen LogP contribution in [0.2, 0.25) is 0 Å². The first-order valence-electron chi connectivity index (χ1n) is 7.68. The van der Waals surface area contributed by atoms with Gasteiger partial charge >= 0.3 is 0 Å². The number of nitrogens with one attached hydrogen (secondary N) is 2. The van der Waals surface area contributed by atoms with E-state index in [1.807, 2.05) is 12.1 Å². The third kappa shape index (κ3) is 4.70. The molecule has 0 fully saturated rings. The zero-order valence-electron chi connectivity index (χ0n) is 13.9. The molecule has 0 aliphatic carbocycles. The molecule has 1 heterocycles. The summed E-state index contributed by atoms with van der Waals surface area (Å²) in [7, 11) is 1.58. The first-order chi connectivity index (χ1) is 12.7. The second-order valence-electron chi connectivity index (χ2n) is 5.26. The fourth-order valence-corrected chi connectivity index (χ4v) is 3.37. The number of ether oxygens (including phenoxy) is 1. The van der Waals surface area contributed by atoms with Gasteiger partial charge in [-0.05, 0) is 36.4 Å². The molecule has 0 aliphatic heterocycles. The molecule has 0 bridgehead atoms. The Morgan fingerprint density at radius 3 is 2.50 bits per heavy atom. The molecule has 9 heteroatoms.